The van der Waals surface area contributed by atoms with Gasteiger partial charge in [-0.3, -0.25) is 10.1 Å². The first-order valence-corrected chi connectivity index (χ1v) is 5.66. The lowest BCUT2D eigenvalue weighted by Crippen LogP contribution is -2.06. The Labute approximate surface area is 109 Å². The Morgan fingerprint density at radius 1 is 1.32 bits per heavy atom. The SMILES string of the molecule is CNc1cccc(NCc2ccncn2)c1[N+](=O)[O-]. The average Bonchev–Trinajstić information content (AvgIpc) is 2.45. The van der Waals surface area contributed by atoms with Crippen molar-refractivity contribution in [1.82, 2.24) is 9.97 Å². The van der Waals surface area contributed by atoms with Gasteiger partial charge in [-0.25, -0.2) is 9.97 Å². The van der Waals surface area contributed by atoms with Crippen LogP contribution < -0.4 is 10.6 Å². The van der Waals surface area contributed by atoms with Crippen molar-refractivity contribution in [3.8, 4) is 0 Å². The van der Waals surface area contributed by atoms with E-state index >= 15 is 0 Å². The molecule has 0 aliphatic heterocycles. The maximum absolute atomic E-state index is 11.1. The Kier molecular flexibility index (Phi) is 3.87. The summed E-state index contributed by atoms with van der Waals surface area (Å²) in [5.74, 6) is 0. The Balaban J connectivity index is 2.23. The van der Waals surface area contributed by atoms with Gasteiger partial charge in [0.25, 0.3) is 0 Å². The van der Waals surface area contributed by atoms with Crippen molar-refractivity contribution in [1.29, 1.82) is 0 Å². The largest absolute Gasteiger partial charge is 0.382 e. The first-order chi connectivity index (χ1) is 9.22. The summed E-state index contributed by atoms with van der Waals surface area (Å²) >= 11 is 0. The summed E-state index contributed by atoms with van der Waals surface area (Å²) in [6, 6.07) is 6.83. The summed E-state index contributed by atoms with van der Waals surface area (Å²) in [4.78, 5) is 18.6. The highest BCUT2D eigenvalue weighted by atomic mass is 16.6. The molecule has 19 heavy (non-hydrogen) atoms. The van der Waals surface area contributed by atoms with E-state index in [-0.39, 0.29) is 5.69 Å². The highest BCUT2D eigenvalue weighted by molar-refractivity contribution is 5.75. The summed E-state index contributed by atoms with van der Waals surface area (Å²) in [6.07, 6.45) is 3.07. The van der Waals surface area contributed by atoms with Gasteiger partial charge in [0.2, 0.25) is 0 Å². The average molecular weight is 259 g/mol. The van der Waals surface area contributed by atoms with E-state index in [0.717, 1.165) is 5.69 Å². The number of benzene rings is 1. The molecule has 0 aliphatic rings. The smallest absolute Gasteiger partial charge is 0.315 e. The van der Waals surface area contributed by atoms with Gasteiger partial charge in [0.15, 0.2) is 0 Å². The Morgan fingerprint density at radius 3 is 2.74 bits per heavy atom. The van der Waals surface area contributed by atoms with Crippen molar-refractivity contribution < 1.29 is 4.92 Å². The van der Waals surface area contributed by atoms with Gasteiger partial charge in [-0.05, 0) is 18.2 Å². The third-order valence-corrected chi connectivity index (χ3v) is 2.59. The molecule has 7 nitrogen and oxygen atoms in total. The van der Waals surface area contributed by atoms with E-state index in [2.05, 4.69) is 20.6 Å². The van der Waals surface area contributed by atoms with E-state index in [1.54, 1.807) is 37.5 Å². The summed E-state index contributed by atoms with van der Waals surface area (Å²) in [6.45, 7) is 0.399. The minimum atomic E-state index is -0.409. The number of para-hydroxylation sites is 1. The molecule has 2 aromatic rings. The van der Waals surface area contributed by atoms with Gasteiger partial charge in [-0.1, -0.05) is 6.07 Å². The first kappa shape index (κ1) is 12.7. The van der Waals surface area contributed by atoms with Crippen LogP contribution in [0, 0.1) is 10.1 Å². The first-order valence-electron chi connectivity index (χ1n) is 5.66. The molecule has 7 heteroatoms. The molecule has 0 saturated carbocycles. The minimum Gasteiger partial charge on any atom is -0.382 e. The quantitative estimate of drug-likeness (QED) is 0.630. The molecule has 1 aromatic heterocycles. The Hall–Kier alpha value is -2.70. The van der Waals surface area contributed by atoms with Crippen LogP contribution >= 0.6 is 0 Å². The summed E-state index contributed by atoms with van der Waals surface area (Å²) in [5.41, 5.74) is 1.71. The van der Waals surface area contributed by atoms with Crippen LogP contribution in [0.15, 0.2) is 36.8 Å². The van der Waals surface area contributed by atoms with Gasteiger partial charge in [0.05, 0.1) is 17.2 Å². The molecular formula is C12H13N5O2. The normalized spacial score (nSPS) is 9.95. The predicted octanol–water partition coefficient (Wildman–Crippen LogP) is 2.04. The van der Waals surface area contributed by atoms with Crippen molar-refractivity contribution in [3.05, 3.63) is 52.6 Å². The summed E-state index contributed by atoms with van der Waals surface area (Å²) < 4.78 is 0. The zero-order chi connectivity index (χ0) is 13.7. The maximum Gasteiger partial charge on any atom is 0.315 e. The van der Waals surface area contributed by atoms with Crippen LogP contribution in [0.4, 0.5) is 17.1 Å². The molecule has 0 amide bonds. The van der Waals surface area contributed by atoms with Gasteiger partial charge >= 0.3 is 5.69 Å². The van der Waals surface area contributed by atoms with Crippen LogP contribution in [0.25, 0.3) is 0 Å². The highest BCUT2D eigenvalue weighted by Crippen LogP contribution is 2.32. The van der Waals surface area contributed by atoms with Crippen LogP contribution in [-0.2, 0) is 6.54 Å². The topological polar surface area (TPSA) is 93.0 Å². The number of hydrogen-bond donors (Lipinski definition) is 2. The molecule has 1 aromatic carbocycles. The lowest BCUT2D eigenvalue weighted by Gasteiger charge is -2.09. The second kappa shape index (κ2) is 5.76. The van der Waals surface area contributed by atoms with Crippen molar-refractivity contribution in [3.63, 3.8) is 0 Å². The van der Waals surface area contributed by atoms with Crippen molar-refractivity contribution in [2.45, 2.75) is 6.54 Å². The number of hydrogen-bond acceptors (Lipinski definition) is 6. The monoisotopic (exact) mass is 259 g/mol. The Bertz CT molecular complexity index is 574. The number of anilines is 2. The predicted molar refractivity (Wildman–Crippen MR) is 72.0 cm³/mol. The van der Waals surface area contributed by atoms with Crippen LogP contribution in [0.3, 0.4) is 0 Å². The van der Waals surface area contributed by atoms with Gasteiger partial charge < -0.3 is 10.6 Å². The Morgan fingerprint density at radius 2 is 2.11 bits per heavy atom. The third-order valence-electron chi connectivity index (χ3n) is 2.59. The zero-order valence-electron chi connectivity index (χ0n) is 10.3. The number of rotatable bonds is 5. The summed E-state index contributed by atoms with van der Waals surface area (Å²) in [7, 11) is 1.65. The van der Waals surface area contributed by atoms with Gasteiger partial charge in [0.1, 0.15) is 17.7 Å². The number of nitro benzene ring substituents is 1. The number of nitrogens with zero attached hydrogens (tertiary/aromatic N) is 3. The van der Waals surface area contributed by atoms with Gasteiger partial charge in [-0.2, -0.15) is 0 Å². The van der Waals surface area contributed by atoms with Gasteiger partial charge in [0, 0.05) is 13.2 Å². The highest BCUT2D eigenvalue weighted by Gasteiger charge is 2.18. The van der Waals surface area contributed by atoms with Crippen LogP contribution in [0.2, 0.25) is 0 Å². The lowest BCUT2D eigenvalue weighted by atomic mass is 10.2. The molecule has 0 bridgehead atoms. The van der Waals surface area contributed by atoms with Crippen molar-refractivity contribution >= 4 is 17.1 Å². The molecule has 1 heterocycles. The fourth-order valence-corrected chi connectivity index (χ4v) is 1.69. The van der Waals surface area contributed by atoms with E-state index in [1.807, 2.05) is 0 Å². The van der Waals surface area contributed by atoms with Crippen LogP contribution in [0.1, 0.15) is 5.69 Å². The van der Waals surface area contributed by atoms with Crippen LogP contribution in [0.5, 0.6) is 0 Å². The van der Waals surface area contributed by atoms with E-state index in [9.17, 15) is 10.1 Å². The number of aromatic nitrogens is 2. The van der Waals surface area contributed by atoms with Crippen molar-refractivity contribution in [2.75, 3.05) is 17.7 Å². The third kappa shape index (κ3) is 2.95. The fourth-order valence-electron chi connectivity index (χ4n) is 1.69. The molecule has 0 unspecified atom stereocenters. The molecule has 0 atom stereocenters. The zero-order valence-corrected chi connectivity index (χ0v) is 10.3. The van der Waals surface area contributed by atoms with Crippen molar-refractivity contribution in [2.24, 2.45) is 0 Å². The minimum absolute atomic E-state index is 0.0269. The molecule has 0 spiro atoms. The van der Waals surface area contributed by atoms with E-state index in [0.29, 0.717) is 17.9 Å². The standard InChI is InChI=1S/C12H13N5O2/c1-13-10-3-2-4-11(12(10)17(18)19)15-7-9-5-6-14-8-16-9/h2-6,8,13,15H,7H2,1H3. The fraction of sp³-hybridized carbons (Fsp3) is 0.167. The molecule has 2 rings (SSSR count). The molecule has 0 radical (unpaired) electrons. The lowest BCUT2D eigenvalue weighted by molar-refractivity contribution is -0.383. The van der Waals surface area contributed by atoms with E-state index in [1.165, 1.54) is 6.33 Å². The molecule has 2 N–H and O–H groups in total. The van der Waals surface area contributed by atoms with Gasteiger partial charge in [-0.15, -0.1) is 0 Å². The van der Waals surface area contributed by atoms with E-state index in [4.69, 9.17) is 0 Å². The molecular weight excluding hydrogens is 246 g/mol. The molecule has 0 saturated heterocycles. The molecule has 98 valence electrons. The number of nitrogens with one attached hydrogen (secondary N) is 2. The molecule has 0 aliphatic carbocycles. The molecule has 0 fully saturated rings. The second-order valence-electron chi connectivity index (χ2n) is 3.76. The summed E-state index contributed by atoms with van der Waals surface area (Å²) in [5, 5.41) is 16.9. The second-order valence-corrected chi connectivity index (χ2v) is 3.76. The maximum atomic E-state index is 11.1. The number of nitro groups is 1. The van der Waals surface area contributed by atoms with Crippen LogP contribution in [-0.4, -0.2) is 21.9 Å². The van der Waals surface area contributed by atoms with E-state index < -0.39 is 4.92 Å².